The molecule has 0 spiro atoms. The molecule has 0 radical (unpaired) electrons. The first-order valence-corrected chi connectivity index (χ1v) is 13.2. The van der Waals surface area contributed by atoms with Crippen LogP contribution in [0.2, 0.25) is 10.0 Å². The van der Waals surface area contributed by atoms with E-state index in [0.717, 1.165) is 5.32 Å². The molecule has 0 aliphatic heterocycles. The Balaban J connectivity index is 2.27. The van der Waals surface area contributed by atoms with Gasteiger partial charge in [0.05, 0.1) is 7.11 Å². The van der Waals surface area contributed by atoms with Crippen LogP contribution in [-0.4, -0.2) is 61.2 Å². The van der Waals surface area contributed by atoms with E-state index in [2.05, 4.69) is 5.32 Å². The van der Waals surface area contributed by atoms with Crippen molar-refractivity contribution in [2.24, 2.45) is 11.8 Å². The highest BCUT2D eigenvalue weighted by Gasteiger charge is 2.51. The summed E-state index contributed by atoms with van der Waals surface area (Å²) in [4.78, 5) is 38.1. The number of alkyl halides is 5. The molecule has 2 amide bonds. The largest absolute Gasteiger partial charge is 0.497 e. The SMILES string of the molecule is COc1ccc([C@H](NC(=O)COc2cc(Cl)cc(Cl)c2)C(=O)C[C@@H](C(C)C)[C@@H](O)C(F)(F)C(=O)NCC(F)(F)F)cc1. The fraction of sp³-hybridized carbons (Fsp3) is 0.444. The third kappa shape index (κ3) is 10.3. The molecular weight excluding hydrogens is 614 g/mol. The highest BCUT2D eigenvalue weighted by Crippen LogP contribution is 2.33. The second-order valence-electron chi connectivity index (χ2n) is 9.61. The van der Waals surface area contributed by atoms with Crippen LogP contribution < -0.4 is 20.1 Å². The van der Waals surface area contributed by atoms with Gasteiger partial charge in [0, 0.05) is 22.4 Å². The number of hydrogen-bond acceptors (Lipinski definition) is 6. The molecule has 232 valence electrons. The maximum absolute atomic E-state index is 14.7. The molecule has 0 unspecified atom stereocenters. The average molecular weight is 643 g/mol. The minimum Gasteiger partial charge on any atom is -0.497 e. The summed E-state index contributed by atoms with van der Waals surface area (Å²) >= 11 is 11.8. The number of hydrogen-bond donors (Lipinski definition) is 3. The van der Waals surface area contributed by atoms with Crippen molar-refractivity contribution < 1.29 is 50.9 Å². The maximum atomic E-state index is 14.7. The van der Waals surface area contributed by atoms with Crippen LogP contribution in [0.4, 0.5) is 22.0 Å². The van der Waals surface area contributed by atoms with E-state index >= 15 is 0 Å². The lowest BCUT2D eigenvalue weighted by Gasteiger charge is -2.32. The summed E-state index contributed by atoms with van der Waals surface area (Å²) in [7, 11) is 1.40. The minimum atomic E-state index is -4.96. The van der Waals surface area contributed by atoms with Crippen LogP contribution in [0.3, 0.4) is 0 Å². The zero-order valence-electron chi connectivity index (χ0n) is 22.6. The molecule has 3 atom stereocenters. The summed E-state index contributed by atoms with van der Waals surface area (Å²) in [5.41, 5.74) is 0.228. The summed E-state index contributed by atoms with van der Waals surface area (Å²) in [5, 5.41) is 14.4. The van der Waals surface area contributed by atoms with E-state index in [9.17, 15) is 41.4 Å². The van der Waals surface area contributed by atoms with E-state index in [1.54, 1.807) is 0 Å². The fourth-order valence-electron chi connectivity index (χ4n) is 3.87. The van der Waals surface area contributed by atoms with Crippen LogP contribution in [0.25, 0.3) is 0 Å². The fourth-order valence-corrected chi connectivity index (χ4v) is 4.38. The zero-order chi connectivity index (χ0) is 31.8. The Labute approximate surface area is 248 Å². The van der Waals surface area contributed by atoms with Gasteiger partial charge >= 0.3 is 12.1 Å². The summed E-state index contributed by atoms with van der Waals surface area (Å²) in [5.74, 6) is -10.5. The van der Waals surface area contributed by atoms with Gasteiger partial charge in [-0.1, -0.05) is 49.2 Å². The van der Waals surface area contributed by atoms with Crippen molar-refractivity contribution in [3.8, 4) is 11.5 Å². The Hall–Kier alpha value is -3.16. The first-order chi connectivity index (χ1) is 19.4. The Kier molecular flexibility index (Phi) is 12.4. The number of rotatable bonds is 14. The number of carbonyl (C=O) groups excluding carboxylic acids is 3. The Morgan fingerprint density at radius 3 is 2.02 bits per heavy atom. The van der Waals surface area contributed by atoms with E-state index in [-0.39, 0.29) is 21.4 Å². The molecule has 8 nitrogen and oxygen atoms in total. The Morgan fingerprint density at radius 2 is 1.52 bits per heavy atom. The molecule has 15 heteroatoms. The second-order valence-corrected chi connectivity index (χ2v) is 10.5. The quantitative estimate of drug-likeness (QED) is 0.246. The lowest BCUT2D eigenvalue weighted by molar-refractivity contribution is -0.178. The van der Waals surface area contributed by atoms with Crippen molar-refractivity contribution in [1.29, 1.82) is 0 Å². The number of Topliss-reactive ketones (excluding diaryl/α,β-unsaturated/α-hetero) is 1. The molecule has 0 heterocycles. The van der Waals surface area contributed by atoms with Crippen LogP contribution in [0.15, 0.2) is 42.5 Å². The van der Waals surface area contributed by atoms with Gasteiger partial charge < -0.3 is 25.2 Å². The number of ketones is 1. The van der Waals surface area contributed by atoms with E-state index in [1.807, 2.05) is 0 Å². The number of aliphatic hydroxyl groups excluding tert-OH is 1. The van der Waals surface area contributed by atoms with E-state index in [0.29, 0.717) is 5.75 Å². The summed E-state index contributed by atoms with van der Waals surface area (Å²) < 4.78 is 77.2. The Morgan fingerprint density at radius 1 is 0.952 bits per heavy atom. The third-order valence-electron chi connectivity index (χ3n) is 6.10. The molecule has 2 aromatic carbocycles. The monoisotopic (exact) mass is 642 g/mol. The average Bonchev–Trinajstić information content (AvgIpc) is 2.90. The van der Waals surface area contributed by atoms with Crippen molar-refractivity contribution in [3.63, 3.8) is 0 Å². The highest BCUT2D eigenvalue weighted by molar-refractivity contribution is 6.34. The molecule has 42 heavy (non-hydrogen) atoms. The number of carbonyl (C=O) groups is 3. The molecule has 0 fully saturated rings. The molecule has 0 bridgehead atoms. The van der Waals surface area contributed by atoms with Gasteiger partial charge in [-0.25, -0.2) is 0 Å². The molecule has 2 aromatic rings. The van der Waals surface area contributed by atoms with Crippen molar-refractivity contribution in [3.05, 3.63) is 58.1 Å². The number of nitrogens with one attached hydrogen (secondary N) is 2. The lowest BCUT2D eigenvalue weighted by Crippen LogP contribution is -2.54. The molecule has 3 N–H and O–H groups in total. The van der Waals surface area contributed by atoms with Crippen LogP contribution >= 0.6 is 23.2 Å². The normalized spacial score (nSPS) is 14.1. The highest BCUT2D eigenvalue weighted by atomic mass is 35.5. The van der Waals surface area contributed by atoms with E-state index in [4.69, 9.17) is 32.7 Å². The molecule has 0 aliphatic carbocycles. The van der Waals surface area contributed by atoms with E-state index in [1.165, 1.54) is 63.4 Å². The Bertz CT molecular complexity index is 1220. The number of benzene rings is 2. The topological polar surface area (TPSA) is 114 Å². The molecule has 0 saturated carbocycles. The van der Waals surface area contributed by atoms with Gasteiger partial charge in [0.1, 0.15) is 30.2 Å². The van der Waals surface area contributed by atoms with Gasteiger partial charge in [-0.15, -0.1) is 0 Å². The van der Waals surface area contributed by atoms with Crippen LogP contribution in [0.1, 0.15) is 31.9 Å². The van der Waals surface area contributed by atoms with E-state index < -0.39 is 73.3 Å². The molecular formula is C27H29Cl2F5N2O6. The van der Waals surface area contributed by atoms with Gasteiger partial charge in [0.25, 0.3) is 11.8 Å². The van der Waals surface area contributed by atoms with Gasteiger partial charge in [0.2, 0.25) is 0 Å². The zero-order valence-corrected chi connectivity index (χ0v) is 24.1. The van der Waals surface area contributed by atoms with Crippen molar-refractivity contribution in [2.75, 3.05) is 20.3 Å². The smallest absolute Gasteiger partial charge is 0.405 e. The molecule has 2 rings (SSSR count). The van der Waals surface area contributed by atoms with Gasteiger partial charge in [-0.2, -0.15) is 22.0 Å². The van der Waals surface area contributed by atoms with Crippen molar-refractivity contribution >= 4 is 40.8 Å². The number of ether oxygens (including phenoxy) is 2. The summed E-state index contributed by atoms with van der Waals surface area (Å²) in [6.45, 7) is 0.143. The van der Waals surface area contributed by atoms with Gasteiger partial charge in [-0.3, -0.25) is 14.4 Å². The first kappa shape index (κ1) is 35.0. The van der Waals surface area contributed by atoms with Gasteiger partial charge in [0.15, 0.2) is 12.4 Å². The van der Waals surface area contributed by atoms with Crippen LogP contribution in [0.5, 0.6) is 11.5 Å². The first-order valence-electron chi connectivity index (χ1n) is 12.4. The standard InChI is InChI=1S/C27H29Cl2F5N2O6/c1-14(2)20(24(39)27(33,34)25(40)35-13-26(30,31)32)11-21(37)23(15-4-6-18(41-3)7-5-15)36-22(38)12-42-19-9-16(28)8-17(29)10-19/h4-10,14,20,23-24,39H,11-13H2,1-3H3,(H,35,40)(H,36,38)/t20-,23-,24+/m0/s1. The summed E-state index contributed by atoms with van der Waals surface area (Å²) in [6.07, 6.45) is -8.56. The van der Waals surface area contributed by atoms with Crippen LogP contribution in [-0.2, 0) is 14.4 Å². The lowest BCUT2D eigenvalue weighted by atomic mass is 9.81. The number of amides is 2. The van der Waals surface area contributed by atoms with Crippen molar-refractivity contribution in [2.45, 2.75) is 44.5 Å². The number of methoxy groups -OCH3 is 1. The maximum Gasteiger partial charge on any atom is 0.405 e. The molecule has 0 saturated heterocycles. The third-order valence-corrected chi connectivity index (χ3v) is 6.54. The van der Waals surface area contributed by atoms with Gasteiger partial charge in [-0.05, 0) is 41.8 Å². The predicted molar refractivity (Wildman–Crippen MR) is 144 cm³/mol. The molecule has 0 aromatic heterocycles. The van der Waals surface area contributed by atoms with Crippen LogP contribution in [0, 0.1) is 11.8 Å². The number of aliphatic hydroxyl groups is 1. The summed E-state index contributed by atoms with van der Waals surface area (Å²) in [6, 6.07) is 8.67. The number of halogens is 7. The molecule has 0 aliphatic rings. The van der Waals surface area contributed by atoms with Crippen molar-refractivity contribution in [1.82, 2.24) is 10.6 Å². The minimum absolute atomic E-state index is 0.156. The second kappa shape index (κ2) is 14.8. The predicted octanol–water partition coefficient (Wildman–Crippen LogP) is 5.14.